The van der Waals surface area contributed by atoms with Gasteiger partial charge in [0.15, 0.2) is 0 Å². The summed E-state index contributed by atoms with van der Waals surface area (Å²) >= 11 is 0. The Balaban J connectivity index is 1.70. The molecule has 136 valence electrons. The Hall–Kier alpha value is -3.48. The molecule has 1 aliphatic rings. The number of hydrogen-bond donors (Lipinski definition) is 1. The summed E-state index contributed by atoms with van der Waals surface area (Å²) in [5.41, 5.74) is 1.03. The number of amides is 3. The number of rotatable bonds is 3. The summed E-state index contributed by atoms with van der Waals surface area (Å²) in [5, 5.41) is 2.76. The Morgan fingerprint density at radius 2 is 1.81 bits per heavy atom. The molecule has 1 saturated heterocycles. The monoisotopic (exact) mass is 362 g/mol. The number of carbonyl (C=O) groups is 2. The molecule has 3 heterocycles. The highest BCUT2D eigenvalue weighted by Crippen LogP contribution is 2.29. The van der Waals surface area contributed by atoms with E-state index < -0.39 is 11.6 Å². The maximum absolute atomic E-state index is 13.0. The van der Waals surface area contributed by atoms with Gasteiger partial charge in [0.05, 0.1) is 12.2 Å². The highest BCUT2D eigenvalue weighted by atomic mass is 16.2. The average molecular weight is 362 g/mol. The lowest BCUT2D eigenvalue weighted by Crippen LogP contribution is -2.40. The van der Waals surface area contributed by atoms with Crippen molar-refractivity contribution < 1.29 is 9.59 Å². The van der Waals surface area contributed by atoms with E-state index in [-0.39, 0.29) is 18.0 Å². The lowest BCUT2D eigenvalue weighted by atomic mass is 9.92. The van der Waals surface area contributed by atoms with Gasteiger partial charge in [-0.3, -0.25) is 18.9 Å². The van der Waals surface area contributed by atoms with Crippen LogP contribution in [0.15, 0.2) is 59.5 Å². The molecule has 1 fully saturated rings. The second-order valence-electron chi connectivity index (χ2n) is 6.78. The summed E-state index contributed by atoms with van der Waals surface area (Å²) in [7, 11) is 0. The SMILES string of the molecule is Cc1cccn2c(=O)cc(CN3C(=O)NC(C)(c4ccccc4)C3=O)nc12. The van der Waals surface area contributed by atoms with Gasteiger partial charge in [-0.05, 0) is 31.0 Å². The average Bonchev–Trinajstić information content (AvgIpc) is 2.88. The fourth-order valence-corrected chi connectivity index (χ4v) is 3.36. The molecule has 3 aromatic rings. The molecule has 27 heavy (non-hydrogen) atoms. The zero-order valence-corrected chi connectivity index (χ0v) is 15.0. The van der Waals surface area contributed by atoms with E-state index in [0.29, 0.717) is 16.9 Å². The number of imide groups is 1. The topological polar surface area (TPSA) is 83.8 Å². The fraction of sp³-hybridized carbons (Fsp3) is 0.200. The highest BCUT2D eigenvalue weighted by Gasteiger charge is 2.48. The van der Waals surface area contributed by atoms with Gasteiger partial charge < -0.3 is 5.32 Å². The Labute approximate surface area is 155 Å². The minimum Gasteiger partial charge on any atom is -0.319 e. The van der Waals surface area contributed by atoms with E-state index in [1.165, 1.54) is 10.5 Å². The van der Waals surface area contributed by atoms with E-state index in [0.717, 1.165) is 10.5 Å². The molecule has 2 aromatic heterocycles. The molecule has 0 spiro atoms. The van der Waals surface area contributed by atoms with Crippen molar-refractivity contribution >= 4 is 17.6 Å². The van der Waals surface area contributed by atoms with Crippen LogP contribution in [-0.4, -0.2) is 26.2 Å². The Kier molecular flexibility index (Phi) is 3.80. The summed E-state index contributed by atoms with van der Waals surface area (Å²) in [6.45, 7) is 3.47. The molecule has 1 atom stereocenters. The number of pyridine rings is 1. The van der Waals surface area contributed by atoms with Crippen LogP contribution < -0.4 is 10.9 Å². The van der Waals surface area contributed by atoms with Crippen molar-refractivity contribution in [2.24, 2.45) is 0 Å². The maximum Gasteiger partial charge on any atom is 0.325 e. The van der Waals surface area contributed by atoms with Gasteiger partial charge in [-0.1, -0.05) is 36.4 Å². The van der Waals surface area contributed by atoms with E-state index in [1.807, 2.05) is 31.2 Å². The van der Waals surface area contributed by atoms with Crippen molar-refractivity contribution in [3.63, 3.8) is 0 Å². The summed E-state index contributed by atoms with van der Waals surface area (Å²) in [6, 6.07) is 13.6. The third kappa shape index (κ3) is 2.68. The molecule has 1 N–H and O–H groups in total. The number of benzene rings is 1. The van der Waals surface area contributed by atoms with E-state index in [9.17, 15) is 14.4 Å². The number of nitrogens with zero attached hydrogens (tertiary/aromatic N) is 3. The van der Waals surface area contributed by atoms with Gasteiger partial charge >= 0.3 is 6.03 Å². The molecule has 0 bridgehead atoms. The number of urea groups is 1. The van der Waals surface area contributed by atoms with Crippen LogP contribution in [-0.2, 0) is 16.9 Å². The number of nitrogens with one attached hydrogen (secondary N) is 1. The predicted molar refractivity (Wildman–Crippen MR) is 99.1 cm³/mol. The number of aryl methyl sites for hydroxylation is 1. The van der Waals surface area contributed by atoms with Crippen molar-refractivity contribution in [2.75, 3.05) is 0 Å². The van der Waals surface area contributed by atoms with Crippen molar-refractivity contribution in [1.29, 1.82) is 0 Å². The quantitative estimate of drug-likeness (QED) is 0.722. The maximum atomic E-state index is 13.0. The normalized spacial score (nSPS) is 19.6. The Morgan fingerprint density at radius 3 is 2.56 bits per heavy atom. The molecule has 7 nitrogen and oxygen atoms in total. The first-order valence-corrected chi connectivity index (χ1v) is 8.58. The van der Waals surface area contributed by atoms with E-state index in [4.69, 9.17) is 0 Å². The molecular formula is C20H18N4O3. The third-order valence-corrected chi connectivity index (χ3v) is 4.89. The van der Waals surface area contributed by atoms with E-state index >= 15 is 0 Å². The summed E-state index contributed by atoms with van der Waals surface area (Å²) in [5.74, 6) is -0.370. The fourth-order valence-electron chi connectivity index (χ4n) is 3.36. The molecular weight excluding hydrogens is 344 g/mol. The molecule has 0 radical (unpaired) electrons. The van der Waals surface area contributed by atoms with Gasteiger partial charge in [-0.2, -0.15) is 0 Å². The second kappa shape index (κ2) is 6.05. The molecule has 7 heteroatoms. The van der Waals surface area contributed by atoms with Crippen LogP contribution in [0.2, 0.25) is 0 Å². The number of carbonyl (C=O) groups excluding carboxylic acids is 2. The smallest absolute Gasteiger partial charge is 0.319 e. The van der Waals surface area contributed by atoms with Crippen molar-refractivity contribution in [3.8, 4) is 0 Å². The van der Waals surface area contributed by atoms with Gasteiger partial charge in [0, 0.05) is 12.3 Å². The highest BCUT2D eigenvalue weighted by molar-refractivity contribution is 6.07. The number of aromatic nitrogens is 2. The molecule has 0 saturated carbocycles. The van der Waals surface area contributed by atoms with Gasteiger partial charge in [0.25, 0.3) is 11.5 Å². The van der Waals surface area contributed by atoms with Crippen molar-refractivity contribution in [3.05, 3.63) is 81.9 Å². The minimum absolute atomic E-state index is 0.0623. The lowest BCUT2D eigenvalue weighted by molar-refractivity contribution is -0.131. The van der Waals surface area contributed by atoms with Crippen molar-refractivity contribution in [2.45, 2.75) is 25.9 Å². The van der Waals surface area contributed by atoms with Crippen LogP contribution in [0.3, 0.4) is 0 Å². The summed E-state index contributed by atoms with van der Waals surface area (Å²) < 4.78 is 1.44. The molecule has 3 amide bonds. The zero-order valence-electron chi connectivity index (χ0n) is 15.0. The standard InChI is InChI=1S/C20H18N4O3/c1-13-7-6-10-23-16(25)11-15(21-17(13)23)12-24-18(26)20(2,22-19(24)27)14-8-4-3-5-9-14/h3-11H,12H2,1-2H3,(H,22,27). The molecule has 1 aliphatic heterocycles. The molecule has 1 unspecified atom stereocenters. The number of fused-ring (bicyclic) bond motifs is 1. The summed E-state index contributed by atoms with van der Waals surface area (Å²) in [4.78, 5) is 43.4. The van der Waals surface area contributed by atoms with Crippen LogP contribution in [0.1, 0.15) is 23.7 Å². The van der Waals surface area contributed by atoms with Gasteiger partial charge in [-0.25, -0.2) is 9.78 Å². The van der Waals surface area contributed by atoms with Crippen LogP contribution in [0.4, 0.5) is 4.79 Å². The van der Waals surface area contributed by atoms with Crippen LogP contribution >= 0.6 is 0 Å². The molecule has 4 rings (SSSR count). The van der Waals surface area contributed by atoms with Crippen molar-refractivity contribution in [1.82, 2.24) is 19.6 Å². The van der Waals surface area contributed by atoms with Crippen LogP contribution in [0, 0.1) is 6.92 Å². The Bertz CT molecular complexity index is 1120. The third-order valence-electron chi connectivity index (χ3n) is 4.89. The lowest BCUT2D eigenvalue weighted by Gasteiger charge is -2.22. The minimum atomic E-state index is -1.14. The van der Waals surface area contributed by atoms with Gasteiger partial charge in [0.1, 0.15) is 11.2 Å². The van der Waals surface area contributed by atoms with Gasteiger partial charge in [0.2, 0.25) is 0 Å². The van der Waals surface area contributed by atoms with Crippen LogP contribution in [0.25, 0.3) is 5.65 Å². The van der Waals surface area contributed by atoms with E-state index in [2.05, 4.69) is 10.3 Å². The summed E-state index contributed by atoms with van der Waals surface area (Å²) in [6.07, 6.45) is 1.64. The predicted octanol–water partition coefficient (Wildman–Crippen LogP) is 1.97. The second-order valence-corrected chi connectivity index (χ2v) is 6.78. The molecule has 0 aliphatic carbocycles. The first-order chi connectivity index (χ1) is 12.9. The molecule has 1 aromatic carbocycles. The first kappa shape index (κ1) is 17.0. The largest absolute Gasteiger partial charge is 0.325 e. The van der Waals surface area contributed by atoms with Gasteiger partial charge in [-0.15, -0.1) is 0 Å². The van der Waals surface area contributed by atoms with Crippen LogP contribution in [0.5, 0.6) is 0 Å². The Morgan fingerprint density at radius 1 is 1.07 bits per heavy atom. The van der Waals surface area contributed by atoms with E-state index in [1.54, 1.807) is 31.3 Å². The zero-order chi connectivity index (χ0) is 19.2. The first-order valence-electron chi connectivity index (χ1n) is 8.58. The number of hydrogen-bond acceptors (Lipinski definition) is 4.